The van der Waals surface area contributed by atoms with Crippen molar-refractivity contribution in [3.63, 3.8) is 0 Å². The minimum atomic E-state index is 0.110. The second-order valence-electron chi connectivity index (χ2n) is 8.80. The minimum absolute atomic E-state index is 0.110. The average molecular weight is 507 g/mol. The number of amidine groups is 1. The zero-order valence-corrected chi connectivity index (χ0v) is 21.7. The van der Waals surface area contributed by atoms with E-state index in [-0.39, 0.29) is 11.9 Å². The van der Waals surface area contributed by atoms with Crippen molar-refractivity contribution < 1.29 is 4.79 Å². The number of fused-ring (bicyclic) bond motifs is 2. The number of anilines is 1. The number of carbonyl (C=O) groups is 1. The molecule has 1 saturated heterocycles. The molecule has 2 aromatic carbocycles. The van der Waals surface area contributed by atoms with E-state index in [0.29, 0.717) is 0 Å². The van der Waals surface area contributed by atoms with Gasteiger partial charge in [-0.05, 0) is 68.8 Å². The maximum atomic E-state index is 13.9. The third kappa shape index (κ3) is 3.85. The number of amides is 1. The normalized spacial score (nSPS) is 22.4. The maximum absolute atomic E-state index is 13.9. The van der Waals surface area contributed by atoms with Crippen LogP contribution in [0.5, 0.6) is 0 Å². The second kappa shape index (κ2) is 9.06. The van der Waals surface area contributed by atoms with Gasteiger partial charge in [0.2, 0.25) is 0 Å². The Morgan fingerprint density at radius 1 is 1.09 bits per heavy atom. The summed E-state index contributed by atoms with van der Waals surface area (Å²) in [7, 11) is 0. The van der Waals surface area contributed by atoms with Crippen LogP contribution in [0.4, 0.5) is 11.4 Å². The maximum Gasteiger partial charge on any atom is 0.269 e. The van der Waals surface area contributed by atoms with Crippen LogP contribution in [-0.4, -0.2) is 33.5 Å². The van der Waals surface area contributed by atoms with E-state index >= 15 is 0 Å². The summed E-state index contributed by atoms with van der Waals surface area (Å²) in [5, 5.41) is 2.91. The van der Waals surface area contributed by atoms with Gasteiger partial charge in [0.1, 0.15) is 9.93 Å². The van der Waals surface area contributed by atoms with Gasteiger partial charge in [-0.25, -0.2) is 9.98 Å². The number of aryl methyl sites for hydroxylation is 1. The predicted octanol–water partition coefficient (Wildman–Crippen LogP) is 7.30. The summed E-state index contributed by atoms with van der Waals surface area (Å²) in [6, 6.07) is 14.8. The Kier molecular flexibility index (Phi) is 5.91. The Hall–Kier alpha value is -2.29. The van der Waals surface area contributed by atoms with Crippen molar-refractivity contribution >= 4 is 67.5 Å². The summed E-state index contributed by atoms with van der Waals surface area (Å²) < 4.78 is 1.13. The van der Waals surface area contributed by atoms with E-state index in [0.717, 1.165) is 55.4 Å². The number of hydrogen-bond acceptors (Lipinski definition) is 7. The SMILES string of the molecule is CCN1C(=C2SC(=Nc3ccc4nc(C)sc4c3)N(C3CCCCC3)C2=O)Sc2ccccc21. The molecule has 0 N–H and O–H groups in total. The lowest BCUT2D eigenvalue weighted by Gasteiger charge is -2.30. The number of benzene rings is 2. The first-order valence-corrected chi connectivity index (χ1v) is 14.3. The van der Waals surface area contributed by atoms with Crippen LogP contribution in [0.25, 0.3) is 10.2 Å². The fourth-order valence-corrected chi connectivity index (χ4v) is 8.29. The first-order valence-electron chi connectivity index (χ1n) is 11.9. The van der Waals surface area contributed by atoms with E-state index in [1.54, 1.807) is 34.9 Å². The minimum Gasteiger partial charge on any atom is -0.334 e. The van der Waals surface area contributed by atoms with Crippen molar-refractivity contribution in [1.82, 2.24) is 9.88 Å². The molecule has 5 nitrogen and oxygen atoms in total. The summed E-state index contributed by atoms with van der Waals surface area (Å²) in [4.78, 5) is 29.9. The third-order valence-corrected chi connectivity index (χ3v) is 9.86. The van der Waals surface area contributed by atoms with Crippen LogP contribution in [0.15, 0.2) is 62.3 Å². The van der Waals surface area contributed by atoms with Crippen LogP contribution in [0.1, 0.15) is 44.0 Å². The number of carbonyl (C=O) groups excluding carboxylic acids is 1. The van der Waals surface area contributed by atoms with E-state index in [4.69, 9.17) is 4.99 Å². The number of para-hydroxylation sites is 1. The largest absolute Gasteiger partial charge is 0.334 e. The molecule has 2 aliphatic heterocycles. The predicted molar refractivity (Wildman–Crippen MR) is 145 cm³/mol. The number of nitrogens with zero attached hydrogens (tertiary/aromatic N) is 4. The Labute approximate surface area is 212 Å². The van der Waals surface area contributed by atoms with Crippen LogP contribution in [0.3, 0.4) is 0 Å². The molecule has 1 saturated carbocycles. The van der Waals surface area contributed by atoms with E-state index in [1.165, 1.54) is 29.8 Å². The van der Waals surface area contributed by atoms with E-state index in [2.05, 4.69) is 47.1 Å². The highest BCUT2D eigenvalue weighted by Gasteiger charge is 2.42. The summed E-state index contributed by atoms with van der Waals surface area (Å²) in [5.74, 6) is 0.110. The van der Waals surface area contributed by atoms with Crippen LogP contribution in [-0.2, 0) is 4.79 Å². The van der Waals surface area contributed by atoms with Crippen molar-refractivity contribution in [1.29, 1.82) is 0 Å². The molecule has 1 aliphatic carbocycles. The van der Waals surface area contributed by atoms with Crippen LogP contribution in [0.2, 0.25) is 0 Å². The summed E-state index contributed by atoms with van der Waals surface area (Å²) in [6.07, 6.45) is 5.69. The molecule has 34 heavy (non-hydrogen) atoms. The highest BCUT2D eigenvalue weighted by atomic mass is 32.2. The quantitative estimate of drug-likeness (QED) is 0.349. The lowest BCUT2D eigenvalue weighted by molar-refractivity contribution is -0.124. The molecule has 3 aromatic rings. The molecule has 0 bridgehead atoms. The summed E-state index contributed by atoms with van der Waals surface area (Å²) >= 11 is 4.94. The van der Waals surface area contributed by atoms with Gasteiger partial charge < -0.3 is 4.90 Å². The summed E-state index contributed by atoms with van der Waals surface area (Å²) in [5.41, 5.74) is 3.08. The van der Waals surface area contributed by atoms with Crippen molar-refractivity contribution in [2.75, 3.05) is 11.4 Å². The Morgan fingerprint density at radius 2 is 1.91 bits per heavy atom. The highest BCUT2D eigenvalue weighted by molar-refractivity contribution is 8.19. The van der Waals surface area contributed by atoms with Crippen LogP contribution < -0.4 is 4.90 Å². The van der Waals surface area contributed by atoms with Gasteiger partial charge in [0.05, 0.1) is 26.6 Å². The van der Waals surface area contributed by atoms with Gasteiger partial charge in [-0.15, -0.1) is 11.3 Å². The first kappa shape index (κ1) is 22.2. The standard InChI is InChI=1S/C26H26N4OS3/c1-3-29-20-11-7-8-12-21(20)33-25(29)23-24(31)30(18-9-5-4-6-10-18)26(34-23)28-17-13-14-19-22(15-17)32-16(2)27-19/h7-8,11-15,18H,3-6,9-10H2,1-2H3. The molecular weight excluding hydrogens is 481 g/mol. The molecule has 0 radical (unpaired) electrons. The second-order valence-corrected chi connectivity index (χ2v) is 12.0. The molecule has 0 spiro atoms. The molecule has 2 fully saturated rings. The number of thiazole rings is 1. The van der Waals surface area contributed by atoms with Gasteiger partial charge in [-0.1, -0.05) is 43.2 Å². The zero-order valence-electron chi connectivity index (χ0n) is 19.3. The molecular formula is C26H26N4OS3. The number of hydrogen-bond donors (Lipinski definition) is 0. The Bertz CT molecular complexity index is 1340. The summed E-state index contributed by atoms with van der Waals surface area (Å²) in [6.45, 7) is 5.00. The smallest absolute Gasteiger partial charge is 0.269 e. The Morgan fingerprint density at radius 3 is 2.74 bits per heavy atom. The lowest BCUT2D eigenvalue weighted by Crippen LogP contribution is -2.40. The fourth-order valence-electron chi connectivity index (χ4n) is 4.98. The number of thioether (sulfide) groups is 2. The third-order valence-electron chi connectivity index (χ3n) is 6.57. The monoisotopic (exact) mass is 506 g/mol. The molecule has 0 unspecified atom stereocenters. The van der Waals surface area contributed by atoms with E-state index < -0.39 is 0 Å². The fraction of sp³-hybridized carbons (Fsp3) is 0.346. The van der Waals surface area contributed by atoms with Crippen molar-refractivity contribution in [3.8, 4) is 0 Å². The molecule has 0 atom stereocenters. The number of aliphatic imine (C=N–C) groups is 1. The van der Waals surface area contributed by atoms with Crippen molar-refractivity contribution in [2.45, 2.75) is 56.9 Å². The Balaban J connectivity index is 1.43. The van der Waals surface area contributed by atoms with Gasteiger partial charge in [-0.3, -0.25) is 9.69 Å². The van der Waals surface area contributed by atoms with Gasteiger partial charge in [0, 0.05) is 17.5 Å². The zero-order chi connectivity index (χ0) is 23.2. The van der Waals surface area contributed by atoms with Gasteiger partial charge in [0.15, 0.2) is 5.17 Å². The molecule has 1 amide bonds. The van der Waals surface area contributed by atoms with Gasteiger partial charge in [-0.2, -0.15) is 0 Å². The lowest BCUT2D eigenvalue weighted by atomic mass is 9.94. The molecule has 174 valence electrons. The molecule has 3 heterocycles. The van der Waals surface area contributed by atoms with Gasteiger partial charge >= 0.3 is 0 Å². The molecule has 3 aliphatic rings. The number of rotatable bonds is 3. The van der Waals surface area contributed by atoms with E-state index in [1.807, 2.05) is 24.0 Å². The van der Waals surface area contributed by atoms with Crippen LogP contribution in [0, 0.1) is 6.92 Å². The van der Waals surface area contributed by atoms with Crippen molar-refractivity contribution in [3.05, 3.63) is 57.4 Å². The highest BCUT2D eigenvalue weighted by Crippen LogP contribution is 2.51. The molecule has 1 aromatic heterocycles. The number of aromatic nitrogens is 1. The van der Waals surface area contributed by atoms with E-state index in [9.17, 15) is 4.79 Å². The first-order chi connectivity index (χ1) is 16.6. The van der Waals surface area contributed by atoms with Gasteiger partial charge in [0.25, 0.3) is 5.91 Å². The van der Waals surface area contributed by atoms with Crippen LogP contribution >= 0.6 is 34.9 Å². The topological polar surface area (TPSA) is 48.8 Å². The van der Waals surface area contributed by atoms with Crippen molar-refractivity contribution in [2.24, 2.45) is 4.99 Å². The molecule has 8 heteroatoms. The average Bonchev–Trinajstić information content (AvgIpc) is 3.51. The molecule has 6 rings (SSSR count).